The molecule has 0 saturated heterocycles. The molecule has 1 amide bonds. The van der Waals surface area contributed by atoms with Crippen LogP contribution in [0.2, 0.25) is 0 Å². The Hall–Kier alpha value is -4.12. The highest BCUT2D eigenvalue weighted by atomic mass is 16.5. The van der Waals surface area contributed by atoms with Gasteiger partial charge in [-0.3, -0.25) is 9.48 Å². The fraction of sp³-hybridized carbons (Fsp3) is 0.0526. The first-order valence-electron chi connectivity index (χ1n) is 8.05. The highest BCUT2D eigenvalue weighted by molar-refractivity contribution is 6.03. The van der Waals surface area contributed by atoms with Gasteiger partial charge < -0.3 is 14.3 Å². The van der Waals surface area contributed by atoms with Crippen LogP contribution < -0.4 is 5.32 Å². The van der Waals surface area contributed by atoms with Gasteiger partial charge in [0, 0.05) is 12.3 Å². The lowest BCUT2D eigenvalue weighted by atomic mass is 10.1. The van der Waals surface area contributed by atoms with E-state index in [1.54, 1.807) is 41.3 Å². The summed E-state index contributed by atoms with van der Waals surface area (Å²) in [6.45, 7) is 0.522. The molecular weight excluding hydrogens is 346 g/mol. The summed E-state index contributed by atoms with van der Waals surface area (Å²) in [5, 5.41) is 19.5. The monoisotopic (exact) mass is 359 g/mol. The second kappa shape index (κ2) is 7.01. The number of amides is 1. The number of nitriles is 1. The molecule has 3 heterocycles. The van der Waals surface area contributed by atoms with Gasteiger partial charge in [0.15, 0.2) is 11.5 Å². The first kappa shape index (κ1) is 16.4. The molecule has 1 aromatic carbocycles. The molecular formula is C19H13N5O3. The number of carbonyl (C=O) groups excluding carboxylic acids is 1. The number of nitrogens with one attached hydrogen (secondary N) is 1. The number of hydrogen-bond donors (Lipinski definition) is 1. The summed E-state index contributed by atoms with van der Waals surface area (Å²) in [5.74, 6) is 0.466. The molecule has 4 rings (SSSR count). The molecule has 0 aliphatic heterocycles. The Morgan fingerprint density at radius 2 is 2.07 bits per heavy atom. The van der Waals surface area contributed by atoms with Gasteiger partial charge in [-0.05, 0) is 29.8 Å². The zero-order chi connectivity index (χ0) is 18.6. The van der Waals surface area contributed by atoms with Crippen LogP contribution in [0.3, 0.4) is 0 Å². The highest BCUT2D eigenvalue weighted by Gasteiger charge is 2.16. The van der Waals surface area contributed by atoms with Gasteiger partial charge in [-0.15, -0.1) is 0 Å². The second-order valence-corrected chi connectivity index (χ2v) is 5.74. The van der Waals surface area contributed by atoms with Crippen LogP contribution in [0.5, 0.6) is 0 Å². The summed E-state index contributed by atoms with van der Waals surface area (Å²) in [4.78, 5) is 12.3. The van der Waals surface area contributed by atoms with Crippen LogP contribution >= 0.6 is 0 Å². The molecule has 132 valence electrons. The normalized spacial score (nSPS) is 10.5. The summed E-state index contributed by atoms with van der Waals surface area (Å²) in [5.41, 5.74) is 2.28. The van der Waals surface area contributed by atoms with E-state index in [9.17, 15) is 4.79 Å². The fourth-order valence-electron chi connectivity index (χ4n) is 2.50. The predicted molar refractivity (Wildman–Crippen MR) is 94.6 cm³/mol. The molecule has 0 atom stereocenters. The number of nitrogens with zero attached hydrogens (tertiary/aromatic N) is 4. The zero-order valence-corrected chi connectivity index (χ0v) is 14.0. The Labute approximate surface area is 153 Å². The van der Waals surface area contributed by atoms with Gasteiger partial charge in [-0.25, -0.2) is 0 Å². The maximum atomic E-state index is 12.3. The van der Waals surface area contributed by atoms with Gasteiger partial charge in [0.1, 0.15) is 0 Å². The molecule has 0 spiro atoms. The minimum absolute atomic E-state index is 0.140. The average molecular weight is 359 g/mol. The van der Waals surface area contributed by atoms with Crippen LogP contribution in [0.4, 0.5) is 5.69 Å². The van der Waals surface area contributed by atoms with Crippen LogP contribution in [0.15, 0.2) is 70.1 Å². The quantitative estimate of drug-likeness (QED) is 0.585. The van der Waals surface area contributed by atoms with Crippen molar-refractivity contribution in [1.29, 1.82) is 5.26 Å². The number of benzene rings is 1. The van der Waals surface area contributed by atoms with Crippen LogP contribution in [-0.4, -0.2) is 20.8 Å². The second-order valence-electron chi connectivity index (χ2n) is 5.74. The van der Waals surface area contributed by atoms with Crippen molar-refractivity contribution in [2.45, 2.75) is 6.54 Å². The lowest BCUT2D eigenvalue weighted by Crippen LogP contribution is -2.11. The highest BCUT2D eigenvalue weighted by Crippen LogP contribution is 2.21. The van der Waals surface area contributed by atoms with Crippen molar-refractivity contribution < 1.29 is 13.7 Å². The average Bonchev–Trinajstić information content (AvgIpc) is 3.44. The lowest BCUT2D eigenvalue weighted by Gasteiger charge is -2.02. The molecule has 4 aromatic rings. The molecule has 3 aromatic heterocycles. The van der Waals surface area contributed by atoms with E-state index in [-0.39, 0.29) is 5.69 Å². The van der Waals surface area contributed by atoms with E-state index in [0.29, 0.717) is 29.3 Å². The molecule has 0 saturated carbocycles. The van der Waals surface area contributed by atoms with Crippen molar-refractivity contribution in [3.05, 3.63) is 77.9 Å². The minimum atomic E-state index is -0.408. The smallest absolute Gasteiger partial charge is 0.277 e. The third-order valence-electron chi connectivity index (χ3n) is 3.83. The van der Waals surface area contributed by atoms with Gasteiger partial charge in [-0.1, -0.05) is 17.3 Å². The Kier molecular flexibility index (Phi) is 4.25. The van der Waals surface area contributed by atoms with E-state index in [1.165, 1.54) is 12.3 Å². The van der Waals surface area contributed by atoms with Gasteiger partial charge in [-0.2, -0.15) is 10.4 Å². The van der Waals surface area contributed by atoms with E-state index in [4.69, 9.17) is 14.2 Å². The molecule has 0 bridgehead atoms. The van der Waals surface area contributed by atoms with Crippen LogP contribution in [0.1, 0.15) is 21.6 Å². The number of carbonyl (C=O) groups is 1. The fourth-order valence-corrected chi connectivity index (χ4v) is 2.50. The minimum Gasteiger partial charge on any atom is -0.461 e. The summed E-state index contributed by atoms with van der Waals surface area (Å²) < 4.78 is 12.0. The van der Waals surface area contributed by atoms with E-state index >= 15 is 0 Å². The summed E-state index contributed by atoms with van der Waals surface area (Å²) in [6, 6.07) is 14.3. The van der Waals surface area contributed by atoms with E-state index in [2.05, 4.69) is 21.6 Å². The van der Waals surface area contributed by atoms with E-state index < -0.39 is 5.91 Å². The Balaban J connectivity index is 1.41. The molecule has 0 aliphatic rings. The molecule has 1 N–H and O–H groups in total. The van der Waals surface area contributed by atoms with Gasteiger partial charge in [0.2, 0.25) is 5.76 Å². The number of aromatic nitrogens is 3. The maximum Gasteiger partial charge on any atom is 0.277 e. The first-order chi connectivity index (χ1) is 13.2. The van der Waals surface area contributed by atoms with Crippen molar-refractivity contribution in [2.24, 2.45) is 0 Å². The van der Waals surface area contributed by atoms with E-state index in [0.717, 1.165) is 5.56 Å². The largest absolute Gasteiger partial charge is 0.461 e. The topological polar surface area (TPSA) is 110 Å². The lowest BCUT2D eigenvalue weighted by molar-refractivity contribution is 0.101. The number of anilines is 1. The Bertz CT molecular complexity index is 1100. The van der Waals surface area contributed by atoms with Crippen molar-refractivity contribution in [3.63, 3.8) is 0 Å². The number of hydrogen-bond acceptors (Lipinski definition) is 6. The molecule has 8 nitrogen and oxygen atoms in total. The van der Waals surface area contributed by atoms with Crippen molar-refractivity contribution in [1.82, 2.24) is 14.9 Å². The van der Waals surface area contributed by atoms with Crippen LogP contribution in [0.25, 0.3) is 11.5 Å². The van der Waals surface area contributed by atoms with Crippen LogP contribution in [0, 0.1) is 11.3 Å². The third-order valence-corrected chi connectivity index (χ3v) is 3.83. The molecule has 27 heavy (non-hydrogen) atoms. The SMILES string of the molecule is N#Cc1ccc(Cn2cc(NC(=O)c3cc(-c4ccco4)on3)cn2)cc1. The summed E-state index contributed by atoms with van der Waals surface area (Å²) >= 11 is 0. The molecule has 0 aliphatic carbocycles. The van der Waals surface area contributed by atoms with Crippen molar-refractivity contribution >= 4 is 11.6 Å². The third kappa shape index (κ3) is 3.62. The van der Waals surface area contributed by atoms with Gasteiger partial charge >= 0.3 is 0 Å². The summed E-state index contributed by atoms with van der Waals surface area (Å²) in [7, 11) is 0. The van der Waals surface area contributed by atoms with Crippen molar-refractivity contribution in [3.8, 4) is 17.6 Å². The maximum absolute atomic E-state index is 12.3. The molecule has 0 unspecified atom stereocenters. The predicted octanol–water partition coefficient (Wildman–Crippen LogP) is 3.30. The Morgan fingerprint density at radius 3 is 2.81 bits per heavy atom. The van der Waals surface area contributed by atoms with Gasteiger partial charge in [0.05, 0.1) is 36.3 Å². The van der Waals surface area contributed by atoms with E-state index in [1.807, 2.05) is 12.1 Å². The first-order valence-corrected chi connectivity index (χ1v) is 8.05. The zero-order valence-electron chi connectivity index (χ0n) is 14.0. The molecule has 0 radical (unpaired) electrons. The number of furan rings is 1. The molecule has 0 fully saturated rings. The standard InChI is InChI=1S/C19H13N5O3/c20-9-13-3-5-14(6-4-13)11-24-12-15(10-21-24)22-19(25)16-8-18(27-23-16)17-2-1-7-26-17/h1-8,10,12H,11H2,(H,22,25). The van der Waals surface area contributed by atoms with Crippen LogP contribution in [-0.2, 0) is 6.54 Å². The summed E-state index contributed by atoms with van der Waals surface area (Å²) in [6.07, 6.45) is 4.78. The Morgan fingerprint density at radius 1 is 1.22 bits per heavy atom. The van der Waals surface area contributed by atoms with Crippen molar-refractivity contribution in [2.75, 3.05) is 5.32 Å². The van der Waals surface area contributed by atoms with Gasteiger partial charge in [0.25, 0.3) is 5.91 Å². The number of rotatable bonds is 5. The molecule has 8 heteroatoms.